The molecule has 25 heavy (non-hydrogen) atoms. The van der Waals surface area contributed by atoms with Gasteiger partial charge in [-0.1, -0.05) is 35.9 Å². The quantitative estimate of drug-likeness (QED) is 0.804. The van der Waals surface area contributed by atoms with E-state index in [1.165, 1.54) is 0 Å². The van der Waals surface area contributed by atoms with Gasteiger partial charge < -0.3 is 20.5 Å². The van der Waals surface area contributed by atoms with E-state index in [1.54, 1.807) is 23.1 Å². The minimum atomic E-state index is -0.678. The SMILES string of the molecule is NCCCOc1ccc(C(=O)N2Cc3ccccc3[C@H](O)C2)cc1Cl. The topological polar surface area (TPSA) is 75.8 Å². The number of fused-ring (bicyclic) bond motifs is 1. The highest BCUT2D eigenvalue weighted by Gasteiger charge is 2.27. The minimum absolute atomic E-state index is 0.163. The average molecular weight is 361 g/mol. The number of hydrogen-bond acceptors (Lipinski definition) is 4. The van der Waals surface area contributed by atoms with E-state index in [1.807, 2.05) is 24.3 Å². The van der Waals surface area contributed by atoms with E-state index < -0.39 is 6.10 Å². The number of carbonyl (C=O) groups is 1. The molecule has 1 aliphatic rings. The maximum absolute atomic E-state index is 12.8. The fraction of sp³-hybridized carbons (Fsp3) is 0.316. The van der Waals surface area contributed by atoms with Crippen molar-refractivity contribution in [2.24, 2.45) is 5.73 Å². The van der Waals surface area contributed by atoms with Gasteiger partial charge in [-0.25, -0.2) is 0 Å². The van der Waals surface area contributed by atoms with Gasteiger partial charge in [-0.3, -0.25) is 4.79 Å². The molecule has 1 aliphatic heterocycles. The summed E-state index contributed by atoms with van der Waals surface area (Å²) >= 11 is 6.22. The molecule has 1 heterocycles. The highest BCUT2D eigenvalue weighted by atomic mass is 35.5. The number of carbonyl (C=O) groups excluding carboxylic acids is 1. The van der Waals surface area contributed by atoms with Crippen molar-refractivity contribution in [2.45, 2.75) is 19.1 Å². The van der Waals surface area contributed by atoms with Crippen molar-refractivity contribution >= 4 is 17.5 Å². The van der Waals surface area contributed by atoms with Crippen molar-refractivity contribution in [2.75, 3.05) is 19.7 Å². The van der Waals surface area contributed by atoms with E-state index in [-0.39, 0.29) is 12.5 Å². The molecule has 3 N–H and O–H groups in total. The van der Waals surface area contributed by atoms with Gasteiger partial charge in [0.1, 0.15) is 5.75 Å². The molecule has 0 aromatic heterocycles. The summed E-state index contributed by atoms with van der Waals surface area (Å²) in [6.07, 6.45) is 0.0606. The van der Waals surface area contributed by atoms with Crippen LogP contribution in [-0.4, -0.2) is 35.6 Å². The van der Waals surface area contributed by atoms with Crippen molar-refractivity contribution < 1.29 is 14.6 Å². The Labute approximate surface area is 152 Å². The lowest BCUT2D eigenvalue weighted by molar-refractivity contribution is 0.0550. The van der Waals surface area contributed by atoms with Gasteiger partial charge in [0.15, 0.2) is 0 Å². The highest BCUT2D eigenvalue weighted by molar-refractivity contribution is 6.32. The van der Waals surface area contributed by atoms with Crippen LogP contribution in [0.2, 0.25) is 5.02 Å². The van der Waals surface area contributed by atoms with Crippen LogP contribution in [0.3, 0.4) is 0 Å². The van der Waals surface area contributed by atoms with Gasteiger partial charge in [0.25, 0.3) is 5.91 Å². The standard InChI is InChI=1S/C19H21ClN2O3/c20-16-10-13(6-7-18(16)25-9-3-8-21)19(24)22-11-14-4-1-2-5-15(14)17(23)12-22/h1-2,4-7,10,17,23H,3,8-9,11-12,21H2/t17-/m1/s1. The number of benzene rings is 2. The molecular weight excluding hydrogens is 340 g/mol. The van der Waals surface area contributed by atoms with Crippen LogP contribution in [0.15, 0.2) is 42.5 Å². The summed E-state index contributed by atoms with van der Waals surface area (Å²) in [5, 5.41) is 10.7. The molecule has 1 atom stereocenters. The molecule has 0 unspecified atom stereocenters. The molecule has 3 rings (SSSR count). The Bertz CT molecular complexity index is 766. The molecule has 2 aromatic rings. The van der Waals surface area contributed by atoms with Gasteiger partial charge in [-0.05, 0) is 42.3 Å². The number of halogens is 1. The second-order valence-corrected chi connectivity index (χ2v) is 6.44. The minimum Gasteiger partial charge on any atom is -0.492 e. The zero-order valence-corrected chi connectivity index (χ0v) is 14.6. The summed E-state index contributed by atoms with van der Waals surface area (Å²) in [4.78, 5) is 14.4. The van der Waals surface area contributed by atoms with Crippen LogP contribution in [0, 0.1) is 0 Å². The Morgan fingerprint density at radius 2 is 2.12 bits per heavy atom. The molecule has 0 bridgehead atoms. The van der Waals surface area contributed by atoms with Crippen molar-refractivity contribution in [3.8, 4) is 5.75 Å². The fourth-order valence-electron chi connectivity index (χ4n) is 2.93. The van der Waals surface area contributed by atoms with Gasteiger partial charge in [0.2, 0.25) is 0 Å². The third-order valence-electron chi connectivity index (χ3n) is 4.24. The molecule has 2 aromatic carbocycles. The smallest absolute Gasteiger partial charge is 0.254 e. The molecule has 132 valence electrons. The summed E-state index contributed by atoms with van der Waals surface area (Å²) in [7, 11) is 0. The Kier molecular flexibility index (Phi) is 5.58. The van der Waals surface area contributed by atoms with E-state index >= 15 is 0 Å². The summed E-state index contributed by atoms with van der Waals surface area (Å²) in [6, 6.07) is 12.6. The maximum atomic E-state index is 12.8. The third-order valence-corrected chi connectivity index (χ3v) is 4.54. The normalized spacial score (nSPS) is 16.4. The summed E-state index contributed by atoms with van der Waals surface area (Å²) in [5.74, 6) is 0.375. The first kappa shape index (κ1) is 17.7. The van der Waals surface area contributed by atoms with Crippen molar-refractivity contribution in [3.05, 3.63) is 64.2 Å². The van der Waals surface area contributed by atoms with Crippen LogP contribution in [0.4, 0.5) is 0 Å². The number of β-amino-alcohol motifs (C(OH)–C–C–N with tert-alkyl or cyclic N) is 1. The number of nitrogens with two attached hydrogens (primary N) is 1. The largest absolute Gasteiger partial charge is 0.492 e. The van der Waals surface area contributed by atoms with E-state index in [2.05, 4.69) is 0 Å². The summed E-state index contributed by atoms with van der Waals surface area (Å²) in [5.41, 5.74) is 7.76. The lowest BCUT2D eigenvalue weighted by atomic mass is 9.97. The summed E-state index contributed by atoms with van der Waals surface area (Å²) < 4.78 is 5.54. The van der Waals surface area contributed by atoms with Crippen LogP contribution in [0.25, 0.3) is 0 Å². The first-order valence-corrected chi connectivity index (χ1v) is 8.65. The van der Waals surface area contributed by atoms with Crippen LogP contribution in [0.1, 0.15) is 34.0 Å². The second kappa shape index (κ2) is 7.87. The first-order chi connectivity index (χ1) is 12.1. The zero-order valence-electron chi connectivity index (χ0n) is 13.8. The molecule has 0 aliphatic carbocycles. The van der Waals surface area contributed by atoms with Gasteiger partial charge in [0, 0.05) is 12.1 Å². The predicted octanol–water partition coefficient (Wildman–Crippen LogP) is 2.76. The Hall–Kier alpha value is -2.08. The Morgan fingerprint density at radius 1 is 1.32 bits per heavy atom. The van der Waals surface area contributed by atoms with Crippen LogP contribution in [-0.2, 0) is 6.54 Å². The number of rotatable bonds is 5. The molecule has 0 saturated carbocycles. The van der Waals surface area contributed by atoms with Crippen molar-refractivity contribution in [1.29, 1.82) is 0 Å². The molecule has 1 amide bonds. The lowest BCUT2D eigenvalue weighted by Gasteiger charge is -2.32. The molecule has 0 radical (unpaired) electrons. The van der Waals surface area contributed by atoms with Crippen LogP contribution < -0.4 is 10.5 Å². The lowest BCUT2D eigenvalue weighted by Crippen LogP contribution is -2.38. The second-order valence-electron chi connectivity index (χ2n) is 6.04. The van der Waals surface area contributed by atoms with E-state index in [0.717, 1.165) is 17.5 Å². The van der Waals surface area contributed by atoms with Gasteiger partial charge in [-0.2, -0.15) is 0 Å². The number of nitrogens with zero attached hydrogens (tertiary/aromatic N) is 1. The van der Waals surface area contributed by atoms with Crippen molar-refractivity contribution in [3.63, 3.8) is 0 Å². The third kappa shape index (κ3) is 3.95. The van der Waals surface area contributed by atoms with Gasteiger partial charge >= 0.3 is 0 Å². The zero-order chi connectivity index (χ0) is 17.8. The molecule has 6 heteroatoms. The number of hydrogen-bond donors (Lipinski definition) is 2. The fourth-order valence-corrected chi connectivity index (χ4v) is 3.17. The first-order valence-electron chi connectivity index (χ1n) is 8.27. The highest BCUT2D eigenvalue weighted by Crippen LogP contribution is 2.29. The van der Waals surface area contributed by atoms with Gasteiger partial charge in [-0.15, -0.1) is 0 Å². The molecular formula is C19H21ClN2O3. The van der Waals surface area contributed by atoms with Crippen LogP contribution in [0.5, 0.6) is 5.75 Å². The number of aliphatic hydroxyl groups is 1. The number of ether oxygens (including phenoxy) is 1. The average Bonchev–Trinajstić information content (AvgIpc) is 2.62. The predicted molar refractivity (Wildman–Crippen MR) is 96.8 cm³/mol. The van der Waals surface area contributed by atoms with Gasteiger partial charge in [0.05, 0.1) is 24.3 Å². The Balaban J connectivity index is 1.74. The monoisotopic (exact) mass is 360 g/mol. The summed E-state index contributed by atoms with van der Waals surface area (Å²) in [6.45, 7) is 1.77. The Morgan fingerprint density at radius 3 is 2.88 bits per heavy atom. The number of aliphatic hydroxyl groups excluding tert-OH is 1. The van der Waals surface area contributed by atoms with E-state index in [0.29, 0.717) is 36.0 Å². The number of amides is 1. The molecule has 0 spiro atoms. The van der Waals surface area contributed by atoms with E-state index in [4.69, 9.17) is 22.1 Å². The molecule has 0 saturated heterocycles. The molecule has 0 fully saturated rings. The molecule has 5 nitrogen and oxygen atoms in total. The van der Waals surface area contributed by atoms with Crippen molar-refractivity contribution in [1.82, 2.24) is 4.90 Å². The maximum Gasteiger partial charge on any atom is 0.254 e. The van der Waals surface area contributed by atoms with Crippen LogP contribution >= 0.6 is 11.6 Å². The van der Waals surface area contributed by atoms with E-state index in [9.17, 15) is 9.90 Å².